The number of hydrogen-bond acceptors (Lipinski definition) is 5. The summed E-state index contributed by atoms with van der Waals surface area (Å²) in [5, 5.41) is 9.41. The lowest BCUT2D eigenvalue weighted by Crippen LogP contribution is -2.23. The van der Waals surface area contributed by atoms with Gasteiger partial charge in [0.2, 0.25) is 0 Å². The van der Waals surface area contributed by atoms with Crippen LogP contribution in [0.15, 0.2) is 71.1 Å². The van der Waals surface area contributed by atoms with Crippen LogP contribution in [0.25, 0.3) is 0 Å². The Kier molecular flexibility index (Phi) is 6.30. The lowest BCUT2D eigenvalue weighted by molar-refractivity contribution is 0.0740. The van der Waals surface area contributed by atoms with Crippen LogP contribution in [0.1, 0.15) is 20.8 Å². The third-order valence-electron chi connectivity index (χ3n) is 3.47. The fourth-order valence-corrected chi connectivity index (χ4v) is 2.99. The van der Waals surface area contributed by atoms with Gasteiger partial charge < -0.3 is 10.1 Å². The minimum absolute atomic E-state index is 0.361. The van der Waals surface area contributed by atoms with Gasteiger partial charge in [-0.3, -0.25) is 5.43 Å². The van der Waals surface area contributed by atoms with E-state index in [-0.39, 0.29) is 5.97 Å². The average Bonchev–Trinajstić information content (AvgIpc) is 3.18. The first-order chi connectivity index (χ1) is 13.1. The van der Waals surface area contributed by atoms with Crippen molar-refractivity contribution in [3.63, 3.8) is 0 Å². The van der Waals surface area contributed by atoms with E-state index < -0.39 is 0 Å². The van der Waals surface area contributed by atoms with Gasteiger partial charge in [0.1, 0.15) is 10.6 Å². The summed E-state index contributed by atoms with van der Waals surface area (Å²) in [7, 11) is 0. The molecule has 2 N–H and O–H groups in total. The second-order valence-corrected chi connectivity index (χ2v) is 6.99. The second-order valence-electron chi connectivity index (χ2n) is 5.63. The van der Waals surface area contributed by atoms with Crippen molar-refractivity contribution in [3.8, 4) is 5.75 Å². The molecule has 27 heavy (non-hydrogen) atoms. The predicted octanol–water partition coefficient (Wildman–Crippen LogP) is 4.60. The number of anilines is 1. The van der Waals surface area contributed by atoms with Gasteiger partial charge in [0, 0.05) is 5.69 Å². The van der Waals surface area contributed by atoms with Gasteiger partial charge in [0.05, 0.1) is 6.21 Å². The van der Waals surface area contributed by atoms with E-state index >= 15 is 0 Å². The topological polar surface area (TPSA) is 62.7 Å². The molecule has 3 rings (SSSR count). The molecule has 0 aliphatic rings. The summed E-state index contributed by atoms with van der Waals surface area (Å²) in [5.74, 6) is 0.121. The number of benzene rings is 2. The van der Waals surface area contributed by atoms with E-state index in [4.69, 9.17) is 17.0 Å². The van der Waals surface area contributed by atoms with Crippen molar-refractivity contribution < 1.29 is 9.53 Å². The van der Waals surface area contributed by atoms with E-state index in [0.29, 0.717) is 15.7 Å². The molecule has 2 aromatic carbocycles. The van der Waals surface area contributed by atoms with Crippen LogP contribution < -0.4 is 15.5 Å². The number of nitrogens with zero attached hydrogens (tertiary/aromatic N) is 1. The van der Waals surface area contributed by atoms with Crippen molar-refractivity contribution in [1.82, 2.24) is 5.43 Å². The molecule has 0 radical (unpaired) electrons. The molecule has 0 saturated heterocycles. The number of thiophene rings is 1. The summed E-state index contributed by atoms with van der Waals surface area (Å²) in [6.45, 7) is 2.02. The Morgan fingerprint density at radius 2 is 1.96 bits per heavy atom. The molecule has 0 aliphatic carbocycles. The SMILES string of the molecule is Cc1cccc(NC(=S)N/N=C\c2ccc(OC(=O)c3cccs3)cc2)c1. The quantitative estimate of drug-likeness (QED) is 0.217. The Balaban J connectivity index is 1.50. The molecule has 0 amide bonds. The molecule has 136 valence electrons. The first kappa shape index (κ1) is 18.8. The summed E-state index contributed by atoms with van der Waals surface area (Å²) in [4.78, 5) is 12.5. The number of thiocarbonyl (C=S) groups is 1. The molecule has 0 unspecified atom stereocenters. The van der Waals surface area contributed by atoms with Crippen LogP contribution in [-0.2, 0) is 0 Å². The number of aryl methyl sites for hydroxylation is 1. The van der Waals surface area contributed by atoms with Crippen molar-refractivity contribution in [2.45, 2.75) is 6.92 Å². The van der Waals surface area contributed by atoms with Gasteiger partial charge in [-0.15, -0.1) is 11.3 Å². The highest BCUT2D eigenvalue weighted by Crippen LogP contribution is 2.16. The lowest BCUT2D eigenvalue weighted by Gasteiger charge is -2.07. The molecule has 7 heteroatoms. The lowest BCUT2D eigenvalue weighted by atomic mass is 10.2. The van der Waals surface area contributed by atoms with Gasteiger partial charge in [0.15, 0.2) is 5.11 Å². The summed E-state index contributed by atoms with van der Waals surface area (Å²) in [6.07, 6.45) is 1.63. The minimum atomic E-state index is -0.361. The van der Waals surface area contributed by atoms with Gasteiger partial charge >= 0.3 is 5.97 Å². The molecule has 1 heterocycles. The first-order valence-corrected chi connectivity index (χ1v) is 9.41. The van der Waals surface area contributed by atoms with Crippen LogP contribution in [0.4, 0.5) is 5.69 Å². The highest BCUT2D eigenvalue weighted by molar-refractivity contribution is 7.80. The van der Waals surface area contributed by atoms with E-state index in [9.17, 15) is 4.79 Å². The first-order valence-electron chi connectivity index (χ1n) is 8.12. The molecular weight excluding hydrogens is 378 g/mol. The third kappa shape index (κ3) is 5.73. The number of ether oxygens (including phenoxy) is 1. The molecule has 5 nitrogen and oxygen atoms in total. The monoisotopic (exact) mass is 395 g/mol. The summed E-state index contributed by atoms with van der Waals surface area (Å²) >= 11 is 6.56. The molecule has 0 fully saturated rings. The predicted molar refractivity (Wildman–Crippen MR) is 114 cm³/mol. The van der Waals surface area contributed by atoms with Gasteiger partial charge in [-0.2, -0.15) is 5.10 Å². The highest BCUT2D eigenvalue weighted by Gasteiger charge is 2.08. The Hall–Kier alpha value is -3.03. The van der Waals surface area contributed by atoms with E-state index in [0.717, 1.165) is 16.8 Å². The van der Waals surface area contributed by atoms with Crippen LogP contribution in [0.2, 0.25) is 0 Å². The largest absolute Gasteiger partial charge is 0.422 e. The number of rotatable bonds is 5. The van der Waals surface area contributed by atoms with Gasteiger partial charge in [-0.05, 0) is 78.1 Å². The number of hydrogen-bond donors (Lipinski definition) is 2. The average molecular weight is 396 g/mol. The van der Waals surface area contributed by atoms with Crippen LogP contribution >= 0.6 is 23.6 Å². The summed E-state index contributed by atoms with van der Waals surface area (Å²) in [5.41, 5.74) is 5.66. The number of nitrogens with one attached hydrogen (secondary N) is 2. The van der Waals surface area contributed by atoms with Gasteiger partial charge in [-0.25, -0.2) is 4.79 Å². The van der Waals surface area contributed by atoms with Crippen molar-refractivity contribution in [1.29, 1.82) is 0 Å². The van der Waals surface area contributed by atoms with Crippen LogP contribution in [-0.4, -0.2) is 17.3 Å². The van der Waals surface area contributed by atoms with Crippen LogP contribution in [0.5, 0.6) is 5.75 Å². The maximum absolute atomic E-state index is 11.9. The maximum Gasteiger partial charge on any atom is 0.353 e. The van der Waals surface area contributed by atoms with Gasteiger partial charge in [0.25, 0.3) is 0 Å². The summed E-state index contributed by atoms with van der Waals surface area (Å²) < 4.78 is 5.31. The molecule has 0 atom stereocenters. The zero-order valence-electron chi connectivity index (χ0n) is 14.5. The molecule has 0 spiro atoms. The van der Waals surface area contributed by atoms with Crippen molar-refractivity contribution in [2.75, 3.05) is 5.32 Å². The minimum Gasteiger partial charge on any atom is -0.422 e. The fourth-order valence-electron chi connectivity index (χ4n) is 2.22. The van der Waals surface area contributed by atoms with E-state index in [1.165, 1.54) is 11.3 Å². The highest BCUT2D eigenvalue weighted by atomic mass is 32.1. The number of carbonyl (C=O) groups excluding carboxylic acids is 1. The Morgan fingerprint density at radius 3 is 2.67 bits per heavy atom. The third-order valence-corrected chi connectivity index (χ3v) is 4.51. The van der Waals surface area contributed by atoms with Crippen molar-refractivity contribution in [2.24, 2.45) is 5.10 Å². The molecule has 0 saturated carbocycles. The molecule has 1 aromatic heterocycles. The molecular formula is C20H17N3O2S2. The van der Waals surface area contributed by atoms with E-state index in [1.807, 2.05) is 42.6 Å². The Bertz CT molecular complexity index is 952. The van der Waals surface area contributed by atoms with Crippen molar-refractivity contribution in [3.05, 3.63) is 82.0 Å². The maximum atomic E-state index is 11.9. The molecule has 0 bridgehead atoms. The number of esters is 1. The fraction of sp³-hybridized carbons (Fsp3) is 0.0500. The zero-order valence-corrected chi connectivity index (χ0v) is 16.1. The van der Waals surface area contributed by atoms with Gasteiger partial charge in [-0.1, -0.05) is 18.2 Å². The Labute approximate surface area is 166 Å². The Morgan fingerprint density at radius 1 is 1.15 bits per heavy atom. The van der Waals surface area contributed by atoms with Crippen molar-refractivity contribution >= 4 is 46.5 Å². The summed E-state index contributed by atoms with van der Waals surface area (Å²) in [6, 6.07) is 18.5. The molecule has 0 aliphatic heterocycles. The number of carbonyl (C=O) groups is 1. The van der Waals surface area contributed by atoms with E-state index in [2.05, 4.69) is 15.8 Å². The second kappa shape index (κ2) is 9.07. The smallest absolute Gasteiger partial charge is 0.353 e. The standard InChI is InChI=1S/C20H17N3O2S2/c1-14-4-2-5-16(12-14)22-20(26)23-21-13-15-7-9-17(10-8-15)25-19(24)18-6-3-11-27-18/h2-13H,1H3,(H2,22,23,26)/b21-13-. The van der Waals surface area contributed by atoms with Crippen LogP contribution in [0, 0.1) is 6.92 Å². The normalized spacial score (nSPS) is 10.6. The van der Waals surface area contributed by atoms with Crippen LogP contribution in [0.3, 0.4) is 0 Å². The van der Waals surface area contributed by atoms with E-state index in [1.54, 1.807) is 36.5 Å². The molecule has 3 aromatic rings. The number of hydrazone groups is 1. The zero-order chi connectivity index (χ0) is 19.1.